The van der Waals surface area contributed by atoms with Gasteiger partial charge < -0.3 is 4.74 Å². The van der Waals surface area contributed by atoms with Crippen molar-refractivity contribution in [3.05, 3.63) is 77.7 Å². The normalized spacial score (nSPS) is 11.6. The lowest BCUT2D eigenvalue weighted by Crippen LogP contribution is -2.15. The van der Waals surface area contributed by atoms with Crippen LogP contribution in [0.3, 0.4) is 0 Å². The van der Waals surface area contributed by atoms with Crippen molar-refractivity contribution in [3.8, 4) is 5.75 Å². The van der Waals surface area contributed by atoms with Crippen LogP contribution in [0.4, 0.5) is 5.69 Å². The lowest BCUT2D eigenvalue weighted by Gasteiger charge is -2.11. The minimum Gasteiger partial charge on any atom is -0.497 e. The Labute approximate surface area is 175 Å². The van der Waals surface area contributed by atoms with Crippen molar-refractivity contribution in [2.24, 2.45) is 0 Å². The molecule has 0 fully saturated rings. The first-order valence-electron chi connectivity index (χ1n) is 9.42. The van der Waals surface area contributed by atoms with Gasteiger partial charge in [-0.1, -0.05) is 30.3 Å². The number of para-hydroxylation sites is 1. The Bertz CT molecular complexity index is 1320. The fraction of sp³-hybridized carbons (Fsp3) is 0.182. The fourth-order valence-electron chi connectivity index (χ4n) is 3.42. The number of methoxy groups -OCH3 is 1. The zero-order valence-corrected chi connectivity index (χ0v) is 17.8. The van der Waals surface area contributed by atoms with Gasteiger partial charge in [-0.15, -0.1) is 0 Å². The summed E-state index contributed by atoms with van der Waals surface area (Å²) < 4.78 is 36.1. The quantitative estimate of drug-likeness (QED) is 0.509. The Morgan fingerprint density at radius 2 is 1.83 bits per heavy atom. The van der Waals surface area contributed by atoms with E-state index in [0.29, 0.717) is 23.4 Å². The van der Waals surface area contributed by atoms with Gasteiger partial charge in [0.15, 0.2) is 0 Å². The van der Waals surface area contributed by atoms with Gasteiger partial charge >= 0.3 is 0 Å². The third-order valence-corrected chi connectivity index (χ3v) is 6.35. The number of hydrogen-bond acceptors (Lipinski definition) is 5. The van der Waals surface area contributed by atoms with Crippen LogP contribution in [0.25, 0.3) is 10.9 Å². The molecule has 0 aliphatic heterocycles. The highest BCUT2D eigenvalue weighted by Gasteiger charge is 2.22. The minimum atomic E-state index is -3.84. The highest BCUT2D eigenvalue weighted by atomic mass is 32.2. The smallest absolute Gasteiger partial charge is 0.264 e. The Balaban J connectivity index is 1.68. The summed E-state index contributed by atoms with van der Waals surface area (Å²) in [5.74, 6) is 0.762. The van der Waals surface area contributed by atoms with Crippen molar-refractivity contribution in [1.82, 2.24) is 14.8 Å². The molecule has 0 bridgehead atoms. The zero-order valence-electron chi connectivity index (χ0n) is 17.0. The summed E-state index contributed by atoms with van der Waals surface area (Å²) in [6, 6.07) is 16.4. The van der Waals surface area contributed by atoms with E-state index in [0.717, 1.165) is 22.4 Å². The molecule has 2 aromatic heterocycles. The van der Waals surface area contributed by atoms with Gasteiger partial charge in [0.05, 0.1) is 36.2 Å². The van der Waals surface area contributed by atoms with Crippen molar-refractivity contribution in [1.29, 1.82) is 0 Å². The van der Waals surface area contributed by atoms with Crippen LogP contribution >= 0.6 is 0 Å². The molecule has 4 rings (SSSR count). The van der Waals surface area contributed by atoms with Crippen LogP contribution in [0.1, 0.15) is 17.0 Å². The summed E-state index contributed by atoms with van der Waals surface area (Å²) >= 11 is 0. The number of nitrogens with zero attached hydrogens (tertiary/aromatic N) is 3. The van der Waals surface area contributed by atoms with Gasteiger partial charge in [-0.2, -0.15) is 5.10 Å². The van der Waals surface area contributed by atoms with Crippen molar-refractivity contribution < 1.29 is 13.2 Å². The first kappa shape index (κ1) is 19.9. The van der Waals surface area contributed by atoms with E-state index in [1.54, 1.807) is 43.1 Å². The van der Waals surface area contributed by atoms with Crippen LogP contribution in [0.5, 0.6) is 5.75 Å². The van der Waals surface area contributed by atoms with Crippen molar-refractivity contribution in [2.45, 2.75) is 25.3 Å². The average molecular weight is 423 g/mol. The number of rotatable bonds is 6. The van der Waals surface area contributed by atoms with Gasteiger partial charge in [0.1, 0.15) is 10.6 Å². The standard InChI is InChI=1S/C22H22N4O3S/c1-15-21(16(2)26(24-15)14-17-7-4-10-19(13-17)29-3)25-30(27,28)20-11-5-8-18-9-6-12-23-22(18)20/h4-13,25H,14H2,1-3H3. The molecular weight excluding hydrogens is 400 g/mol. The maximum absolute atomic E-state index is 13.2. The number of pyridine rings is 1. The summed E-state index contributed by atoms with van der Waals surface area (Å²) in [7, 11) is -2.22. The van der Waals surface area contributed by atoms with E-state index >= 15 is 0 Å². The molecule has 154 valence electrons. The van der Waals surface area contributed by atoms with Crippen LogP contribution in [-0.2, 0) is 16.6 Å². The van der Waals surface area contributed by atoms with Crippen LogP contribution < -0.4 is 9.46 Å². The van der Waals surface area contributed by atoms with E-state index in [4.69, 9.17) is 4.74 Å². The molecule has 0 saturated carbocycles. The number of anilines is 1. The zero-order chi connectivity index (χ0) is 21.3. The monoisotopic (exact) mass is 422 g/mol. The van der Waals surface area contributed by atoms with E-state index < -0.39 is 10.0 Å². The third-order valence-electron chi connectivity index (χ3n) is 4.97. The molecule has 0 amide bonds. The van der Waals surface area contributed by atoms with Gasteiger partial charge in [-0.25, -0.2) is 8.42 Å². The second-order valence-electron chi connectivity index (χ2n) is 6.99. The second-order valence-corrected chi connectivity index (χ2v) is 8.64. The highest BCUT2D eigenvalue weighted by Crippen LogP contribution is 2.27. The molecule has 2 heterocycles. The van der Waals surface area contributed by atoms with Crippen molar-refractivity contribution >= 4 is 26.6 Å². The van der Waals surface area contributed by atoms with Gasteiger partial charge in [-0.05, 0) is 43.7 Å². The van der Waals surface area contributed by atoms with E-state index in [1.807, 2.05) is 43.3 Å². The van der Waals surface area contributed by atoms with E-state index in [9.17, 15) is 8.42 Å². The molecule has 8 heteroatoms. The number of hydrogen-bond donors (Lipinski definition) is 1. The Morgan fingerprint density at radius 1 is 1.07 bits per heavy atom. The first-order chi connectivity index (χ1) is 14.4. The molecule has 0 saturated heterocycles. The van der Waals surface area contributed by atoms with Crippen LogP contribution in [0.2, 0.25) is 0 Å². The van der Waals surface area contributed by atoms with Gasteiger partial charge in [0.25, 0.3) is 10.0 Å². The Kier molecular flexibility index (Phi) is 5.17. The molecule has 0 unspecified atom stereocenters. The molecule has 0 radical (unpaired) electrons. The number of ether oxygens (including phenoxy) is 1. The molecule has 7 nitrogen and oxygen atoms in total. The minimum absolute atomic E-state index is 0.139. The largest absolute Gasteiger partial charge is 0.497 e. The summed E-state index contributed by atoms with van der Waals surface area (Å²) in [6.07, 6.45) is 1.59. The summed E-state index contributed by atoms with van der Waals surface area (Å²) in [4.78, 5) is 4.40. The second kappa shape index (κ2) is 7.79. The molecule has 0 spiro atoms. The number of sulfonamides is 1. The molecule has 1 N–H and O–H groups in total. The van der Waals surface area contributed by atoms with Crippen molar-refractivity contribution in [3.63, 3.8) is 0 Å². The number of aromatic nitrogens is 3. The number of aryl methyl sites for hydroxylation is 1. The summed E-state index contributed by atoms with van der Waals surface area (Å²) in [6.45, 7) is 4.13. The lowest BCUT2D eigenvalue weighted by molar-refractivity contribution is 0.414. The average Bonchev–Trinajstić information content (AvgIpc) is 3.00. The predicted octanol–water partition coefficient (Wildman–Crippen LogP) is 3.91. The highest BCUT2D eigenvalue weighted by molar-refractivity contribution is 7.93. The maximum Gasteiger partial charge on any atom is 0.264 e. The molecule has 0 aliphatic carbocycles. The topological polar surface area (TPSA) is 86.1 Å². The summed E-state index contributed by atoms with van der Waals surface area (Å²) in [5, 5.41) is 5.30. The molecule has 30 heavy (non-hydrogen) atoms. The Hall–Kier alpha value is -3.39. The molecule has 0 atom stereocenters. The fourth-order valence-corrected chi connectivity index (χ4v) is 4.78. The summed E-state index contributed by atoms with van der Waals surface area (Å²) in [5.41, 5.74) is 3.25. The van der Waals surface area contributed by atoms with Crippen LogP contribution in [-0.4, -0.2) is 30.3 Å². The van der Waals surface area contributed by atoms with Crippen LogP contribution in [0, 0.1) is 13.8 Å². The molecule has 4 aromatic rings. The van der Waals surface area contributed by atoms with E-state index in [2.05, 4.69) is 14.8 Å². The molecule has 2 aromatic carbocycles. The molecule has 0 aliphatic rings. The van der Waals surface area contributed by atoms with Crippen molar-refractivity contribution in [2.75, 3.05) is 11.8 Å². The van der Waals surface area contributed by atoms with E-state index in [1.165, 1.54) is 0 Å². The van der Waals surface area contributed by atoms with E-state index in [-0.39, 0.29) is 4.90 Å². The number of nitrogens with one attached hydrogen (secondary N) is 1. The third kappa shape index (κ3) is 3.73. The first-order valence-corrected chi connectivity index (χ1v) is 10.9. The predicted molar refractivity (Wildman–Crippen MR) is 116 cm³/mol. The number of benzene rings is 2. The maximum atomic E-state index is 13.2. The van der Waals surface area contributed by atoms with Gasteiger partial charge in [-0.3, -0.25) is 14.4 Å². The van der Waals surface area contributed by atoms with Crippen LogP contribution in [0.15, 0.2) is 65.7 Å². The SMILES string of the molecule is COc1cccc(Cn2nc(C)c(NS(=O)(=O)c3cccc4cccnc34)c2C)c1. The van der Waals surface area contributed by atoms with Gasteiger partial charge in [0.2, 0.25) is 0 Å². The number of fused-ring (bicyclic) bond motifs is 1. The lowest BCUT2D eigenvalue weighted by atomic mass is 10.2. The molecular formula is C22H22N4O3S. The van der Waals surface area contributed by atoms with Gasteiger partial charge in [0, 0.05) is 11.6 Å². The Morgan fingerprint density at radius 3 is 2.63 bits per heavy atom.